The summed E-state index contributed by atoms with van der Waals surface area (Å²) in [5.41, 5.74) is 2.25. The molecule has 0 aliphatic rings. The van der Waals surface area contributed by atoms with Crippen LogP contribution >= 0.6 is 11.5 Å². The molecule has 0 fully saturated rings. The smallest absolute Gasteiger partial charge is 0.202 e. The molecule has 0 saturated heterocycles. The Morgan fingerprint density at radius 3 is 3.06 bits per heavy atom. The van der Waals surface area contributed by atoms with Gasteiger partial charge in [0.05, 0.1) is 6.20 Å². The third-order valence-electron chi connectivity index (χ3n) is 2.31. The molecule has 5 nitrogen and oxygen atoms in total. The molecule has 2 aromatic heterocycles. The van der Waals surface area contributed by atoms with Crippen LogP contribution < -0.4 is 5.32 Å². The zero-order valence-electron chi connectivity index (χ0n) is 9.45. The summed E-state index contributed by atoms with van der Waals surface area (Å²) in [6.07, 6.45) is 3.86. The zero-order chi connectivity index (χ0) is 11.4. The predicted octanol–water partition coefficient (Wildman–Crippen LogP) is 2.13. The molecule has 0 aliphatic heterocycles. The summed E-state index contributed by atoms with van der Waals surface area (Å²) >= 11 is 1.41. The first-order chi connectivity index (χ1) is 7.79. The molecular formula is C10H15N5S. The molecule has 0 saturated carbocycles. The Morgan fingerprint density at radius 1 is 1.50 bits per heavy atom. The monoisotopic (exact) mass is 237 g/mol. The van der Waals surface area contributed by atoms with Crippen LogP contribution in [0.3, 0.4) is 0 Å². The second-order valence-corrected chi connectivity index (χ2v) is 4.39. The van der Waals surface area contributed by atoms with Crippen molar-refractivity contribution in [3.8, 4) is 0 Å². The van der Waals surface area contributed by atoms with Crippen molar-refractivity contribution in [1.29, 1.82) is 0 Å². The minimum absolute atomic E-state index is 0.739. The lowest BCUT2D eigenvalue weighted by atomic mass is 10.3. The number of nitrogens with zero attached hydrogens (tertiary/aromatic N) is 3. The molecular weight excluding hydrogens is 222 g/mol. The first-order valence-corrected chi connectivity index (χ1v) is 6.12. The van der Waals surface area contributed by atoms with Crippen molar-refractivity contribution < 1.29 is 0 Å². The van der Waals surface area contributed by atoms with Crippen molar-refractivity contribution in [1.82, 2.24) is 19.6 Å². The van der Waals surface area contributed by atoms with E-state index in [2.05, 4.69) is 31.8 Å². The van der Waals surface area contributed by atoms with E-state index in [-0.39, 0.29) is 0 Å². The predicted molar refractivity (Wildman–Crippen MR) is 64.6 cm³/mol. The van der Waals surface area contributed by atoms with Crippen LogP contribution in [0, 0.1) is 6.92 Å². The van der Waals surface area contributed by atoms with E-state index in [4.69, 9.17) is 0 Å². The fourth-order valence-electron chi connectivity index (χ4n) is 1.38. The number of nitrogens with one attached hydrogen (secondary N) is 2. The third-order valence-corrected chi connectivity index (χ3v) is 3.02. The minimum atomic E-state index is 0.739. The number of aromatic nitrogens is 4. The number of rotatable bonds is 5. The minimum Gasteiger partial charge on any atom is -0.356 e. The lowest BCUT2D eigenvalue weighted by Crippen LogP contribution is -1.99. The van der Waals surface area contributed by atoms with Crippen LogP contribution in [-0.2, 0) is 13.0 Å². The van der Waals surface area contributed by atoms with Gasteiger partial charge in [-0.3, -0.25) is 5.10 Å². The lowest BCUT2D eigenvalue weighted by Gasteiger charge is -1.99. The number of anilines is 1. The Hall–Kier alpha value is -1.43. The van der Waals surface area contributed by atoms with Gasteiger partial charge in [-0.15, -0.1) is 0 Å². The molecule has 2 rings (SSSR count). The SMILES string of the molecule is CCCc1nsc(NCc2cn[nH]c2C)n1. The van der Waals surface area contributed by atoms with Crippen molar-refractivity contribution in [3.63, 3.8) is 0 Å². The largest absolute Gasteiger partial charge is 0.356 e. The van der Waals surface area contributed by atoms with E-state index in [1.807, 2.05) is 13.1 Å². The number of aromatic amines is 1. The van der Waals surface area contributed by atoms with Gasteiger partial charge < -0.3 is 5.32 Å². The molecule has 16 heavy (non-hydrogen) atoms. The van der Waals surface area contributed by atoms with E-state index < -0.39 is 0 Å². The van der Waals surface area contributed by atoms with E-state index in [9.17, 15) is 0 Å². The molecule has 0 radical (unpaired) electrons. The van der Waals surface area contributed by atoms with E-state index in [0.717, 1.165) is 41.6 Å². The third kappa shape index (κ3) is 2.57. The van der Waals surface area contributed by atoms with Gasteiger partial charge in [-0.05, 0) is 13.3 Å². The first-order valence-electron chi connectivity index (χ1n) is 5.35. The van der Waals surface area contributed by atoms with Gasteiger partial charge in [0.1, 0.15) is 5.82 Å². The molecule has 2 heterocycles. The topological polar surface area (TPSA) is 66.5 Å². The van der Waals surface area contributed by atoms with Gasteiger partial charge in [-0.2, -0.15) is 9.47 Å². The quantitative estimate of drug-likeness (QED) is 0.836. The van der Waals surface area contributed by atoms with Crippen LogP contribution in [0.1, 0.15) is 30.4 Å². The summed E-state index contributed by atoms with van der Waals surface area (Å²) in [4.78, 5) is 4.39. The highest BCUT2D eigenvalue weighted by Crippen LogP contribution is 2.14. The van der Waals surface area contributed by atoms with Gasteiger partial charge in [0.2, 0.25) is 5.13 Å². The van der Waals surface area contributed by atoms with Crippen LogP contribution in [0.2, 0.25) is 0 Å². The fraction of sp³-hybridized carbons (Fsp3) is 0.500. The molecule has 6 heteroatoms. The van der Waals surface area contributed by atoms with Gasteiger partial charge in [-0.25, -0.2) is 4.98 Å². The molecule has 0 aromatic carbocycles. The molecule has 2 N–H and O–H groups in total. The Balaban J connectivity index is 1.92. The highest BCUT2D eigenvalue weighted by Gasteiger charge is 2.04. The number of hydrogen-bond acceptors (Lipinski definition) is 5. The van der Waals surface area contributed by atoms with Crippen LogP contribution in [-0.4, -0.2) is 19.6 Å². The van der Waals surface area contributed by atoms with Crippen LogP contribution in [0.5, 0.6) is 0 Å². The molecule has 0 amide bonds. The molecule has 0 spiro atoms. The Labute approximate surface area is 98.5 Å². The van der Waals surface area contributed by atoms with Crippen LogP contribution in [0.4, 0.5) is 5.13 Å². The van der Waals surface area contributed by atoms with Crippen LogP contribution in [0.15, 0.2) is 6.20 Å². The summed E-state index contributed by atoms with van der Waals surface area (Å²) in [6, 6.07) is 0. The summed E-state index contributed by atoms with van der Waals surface area (Å²) in [7, 11) is 0. The van der Waals surface area contributed by atoms with Crippen molar-refractivity contribution in [3.05, 3.63) is 23.3 Å². The summed E-state index contributed by atoms with van der Waals surface area (Å²) < 4.78 is 4.27. The average molecular weight is 237 g/mol. The molecule has 86 valence electrons. The van der Waals surface area contributed by atoms with Gasteiger partial charge in [-0.1, -0.05) is 6.92 Å². The lowest BCUT2D eigenvalue weighted by molar-refractivity contribution is 0.861. The van der Waals surface area contributed by atoms with Crippen molar-refractivity contribution in [2.45, 2.75) is 33.2 Å². The van der Waals surface area contributed by atoms with Crippen molar-refractivity contribution >= 4 is 16.7 Å². The second-order valence-electron chi connectivity index (χ2n) is 3.64. The molecule has 2 aromatic rings. The Kier molecular flexibility index (Phi) is 3.51. The maximum atomic E-state index is 4.39. The van der Waals surface area contributed by atoms with Crippen LogP contribution in [0.25, 0.3) is 0 Å². The van der Waals surface area contributed by atoms with Crippen molar-refractivity contribution in [2.24, 2.45) is 0 Å². The number of aryl methyl sites for hydroxylation is 2. The Morgan fingerprint density at radius 2 is 2.38 bits per heavy atom. The number of hydrogen-bond donors (Lipinski definition) is 2. The summed E-state index contributed by atoms with van der Waals surface area (Å²) in [5.74, 6) is 0.930. The summed E-state index contributed by atoms with van der Waals surface area (Å²) in [6.45, 7) is 4.87. The first kappa shape index (κ1) is 11.1. The zero-order valence-corrected chi connectivity index (χ0v) is 10.3. The van der Waals surface area contributed by atoms with E-state index in [1.165, 1.54) is 11.5 Å². The molecule has 0 unspecified atom stereocenters. The molecule has 0 aliphatic carbocycles. The van der Waals surface area contributed by atoms with Gasteiger partial charge in [0.25, 0.3) is 0 Å². The van der Waals surface area contributed by atoms with Gasteiger partial charge in [0, 0.05) is 35.8 Å². The molecule has 0 atom stereocenters. The highest BCUT2D eigenvalue weighted by atomic mass is 32.1. The second kappa shape index (κ2) is 5.07. The fourth-order valence-corrected chi connectivity index (χ4v) is 1.98. The van der Waals surface area contributed by atoms with E-state index >= 15 is 0 Å². The Bertz CT molecular complexity index is 448. The molecule has 0 bridgehead atoms. The van der Waals surface area contributed by atoms with Gasteiger partial charge in [0.15, 0.2) is 0 Å². The van der Waals surface area contributed by atoms with E-state index in [1.54, 1.807) is 0 Å². The van der Waals surface area contributed by atoms with Crippen molar-refractivity contribution in [2.75, 3.05) is 5.32 Å². The van der Waals surface area contributed by atoms with Gasteiger partial charge >= 0.3 is 0 Å². The maximum Gasteiger partial charge on any atom is 0.202 e. The summed E-state index contributed by atoms with van der Waals surface area (Å²) in [5, 5.41) is 11.0. The normalized spacial score (nSPS) is 10.6. The highest BCUT2D eigenvalue weighted by molar-refractivity contribution is 7.09. The standard InChI is InChI=1S/C10H15N5S/c1-3-4-9-13-10(16-15-9)11-5-8-6-12-14-7(8)2/h6H,3-5H2,1-2H3,(H,12,14)(H,11,13,15). The van der Waals surface area contributed by atoms with E-state index in [0.29, 0.717) is 0 Å². The maximum absolute atomic E-state index is 4.39. The number of H-pyrrole nitrogens is 1. The average Bonchev–Trinajstić information content (AvgIpc) is 2.86.